The van der Waals surface area contributed by atoms with Crippen LogP contribution in [0.25, 0.3) is 0 Å². The first-order chi connectivity index (χ1) is 7.10. The molecular weight excluding hydrogens is 216 g/mol. The maximum Gasteiger partial charge on any atom is 0.315 e. The summed E-state index contributed by atoms with van der Waals surface area (Å²) in [5.74, 6) is 4.88. The highest BCUT2D eigenvalue weighted by Gasteiger charge is 2.09. The maximum absolute atomic E-state index is 11.0. The Morgan fingerprint density at radius 1 is 1.53 bits per heavy atom. The normalized spacial score (nSPS) is 11.9. The fraction of sp³-hybridized carbons (Fsp3) is 0.778. The Kier molecular flexibility index (Phi) is 8.12. The molecule has 0 aliphatic carbocycles. The van der Waals surface area contributed by atoms with Crippen molar-refractivity contribution in [2.75, 3.05) is 12.4 Å². The summed E-state index contributed by atoms with van der Waals surface area (Å²) in [7, 11) is 0. The van der Waals surface area contributed by atoms with Crippen LogP contribution in [0.4, 0.5) is 0 Å². The van der Waals surface area contributed by atoms with Crippen LogP contribution in [0.3, 0.4) is 0 Å². The van der Waals surface area contributed by atoms with Gasteiger partial charge in [0, 0.05) is 11.7 Å². The van der Waals surface area contributed by atoms with Crippen LogP contribution in [-0.4, -0.2) is 29.5 Å². The molecule has 0 aliphatic rings. The van der Waals surface area contributed by atoms with Gasteiger partial charge in [-0.3, -0.25) is 15.0 Å². The lowest BCUT2D eigenvalue weighted by molar-refractivity contribution is -0.139. The molecule has 0 saturated carbocycles. The van der Waals surface area contributed by atoms with Crippen molar-refractivity contribution >= 4 is 23.6 Å². The van der Waals surface area contributed by atoms with E-state index in [0.717, 1.165) is 0 Å². The van der Waals surface area contributed by atoms with Crippen molar-refractivity contribution in [1.29, 1.82) is 0 Å². The standard InChI is InChI=1S/C9H18N2O3S/c1-3-14-9(13)6-15-7(2)4-5-8(12)11-10/h7H,3-6,10H2,1-2H3,(H,11,12). The summed E-state index contributed by atoms with van der Waals surface area (Å²) in [6.45, 7) is 4.15. The molecule has 0 aromatic carbocycles. The molecule has 5 nitrogen and oxygen atoms in total. The summed E-state index contributed by atoms with van der Waals surface area (Å²) in [5.41, 5.74) is 2.07. The number of rotatable bonds is 7. The predicted octanol–water partition coefficient (Wildman–Crippen LogP) is 0.441. The van der Waals surface area contributed by atoms with E-state index < -0.39 is 0 Å². The minimum absolute atomic E-state index is 0.182. The number of nitrogens with two attached hydrogens (primary N) is 1. The molecule has 0 aliphatic heterocycles. The van der Waals surface area contributed by atoms with E-state index >= 15 is 0 Å². The zero-order chi connectivity index (χ0) is 11.7. The molecule has 0 heterocycles. The van der Waals surface area contributed by atoms with Crippen LogP contribution in [0.1, 0.15) is 26.7 Å². The van der Waals surface area contributed by atoms with E-state index in [2.05, 4.69) is 5.43 Å². The van der Waals surface area contributed by atoms with E-state index in [9.17, 15) is 9.59 Å². The van der Waals surface area contributed by atoms with Crippen molar-refractivity contribution in [3.05, 3.63) is 0 Å². The molecule has 88 valence electrons. The monoisotopic (exact) mass is 234 g/mol. The highest BCUT2D eigenvalue weighted by atomic mass is 32.2. The van der Waals surface area contributed by atoms with Gasteiger partial charge in [-0.05, 0) is 13.3 Å². The summed E-state index contributed by atoms with van der Waals surface area (Å²) in [6, 6.07) is 0. The Balaban J connectivity index is 3.52. The largest absolute Gasteiger partial charge is 0.465 e. The Bertz CT molecular complexity index is 212. The molecule has 0 saturated heterocycles. The second kappa shape index (κ2) is 8.55. The Hall–Kier alpha value is -0.750. The number of ether oxygens (including phenoxy) is 1. The molecule has 0 rings (SSSR count). The molecule has 0 radical (unpaired) electrons. The van der Waals surface area contributed by atoms with Crippen LogP contribution < -0.4 is 11.3 Å². The minimum Gasteiger partial charge on any atom is -0.465 e. The van der Waals surface area contributed by atoms with Crippen molar-refractivity contribution < 1.29 is 14.3 Å². The topological polar surface area (TPSA) is 81.4 Å². The van der Waals surface area contributed by atoms with E-state index in [4.69, 9.17) is 10.6 Å². The molecule has 1 unspecified atom stereocenters. The molecule has 1 amide bonds. The van der Waals surface area contributed by atoms with Crippen LogP contribution in [0.2, 0.25) is 0 Å². The Labute approximate surface area is 94.1 Å². The van der Waals surface area contributed by atoms with Crippen molar-refractivity contribution in [1.82, 2.24) is 5.43 Å². The molecule has 0 fully saturated rings. The quantitative estimate of drug-likeness (QED) is 0.289. The van der Waals surface area contributed by atoms with E-state index in [-0.39, 0.29) is 17.1 Å². The summed E-state index contributed by atoms with van der Waals surface area (Å²) in [4.78, 5) is 21.8. The number of hydrogen-bond acceptors (Lipinski definition) is 5. The third-order valence-corrected chi connectivity index (χ3v) is 2.94. The van der Waals surface area contributed by atoms with E-state index in [0.29, 0.717) is 25.2 Å². The molecule has 3 N–H and O–H groups in total. The van der Waals surface area contributed by atoms with E-state index in [1.807, 2.05) is 6.92 Å². The smallest absolute Gasteiger partial charge is 0.315 e. The lowest BCUT2D eigenvalue weighted by Gasteiger charge is -2.09. The van der Waals surface area contributed by atoms with Crippen molar-refractivity contribution in [3.63, 3.8) is 0 Å². The van der Waals surface area contributed by atoms with Gasteiger partial charge in [0.2, 0.25) is 5.91 Å². The van der Waals surface area contributed by atoms with Gasteiger partial charge in [0.15, 0.2) is 0 Å². The molecule has 0 bridgehead atoms. The van der Waals surface area contributed by atoms with E-state index in [1.165, 1.54) is 11.8 Å². The fourth-order valence-corrected chi connectivity index (χ4v) is 1.69. The van der Waals surface area contributed by atoms with Gasteiger partial charge in [0.25, 0.3) is 0 Å². The van der Waals surface area contributed by atoms with Crippen molar-refractivity contribution in [2.24, 2.45) is 5.84 Å². The lowest BCUT2D eigenvalue weighted by atomic mass is 10.2. The predicted molar refractivity (Wildman–Crippen MR) is 60.1 cm³/mol. The third-order valence-electron chi connectivity index (χ3n) is 1.73. The molecule has 6 heteroatoms. The number of hydrazine groups is 1. The molecular formula is C9H18N2O3S. The van der Waals surface area contributed by atoms with Gasteiger partial charge < -0.3 is 4.74 Å². The summed E-state index contributed by atoms with van der Waals surface area (Å²) in [5, 5.41) is 0.242. The zero-order valence-electron chi connectivity index (χ0n) is 9.12. The Morgan fingerprint density at radius 2 is 2.20 bits per heavy atom. The SMILES string of the molecule is CCOC(=O)CSC(C)CCC(=O)NN. The number of esters is 1. The number of amides is 1. The maximum atomic E-state index is 11.0. The number of carbonyl (C=O) groups is 2. The van der Waals surface area contributed by atoms with Crippen LogP contribution >= 0.6 is 11.8 Å². The summed E-state index contributed by atoms with van der Waals surface area (Å²) in [6.07, 6.45) is 1.08. The van der Waals surface area contributed by atoms with Crippen LogP contribution in [0, 0.1) is 0 Å². The van der Waals surface area contributed by atoms with Gasteiger partial charge in [-0.25, -0.2) is 5.84 Å². The first kappa shape index (κ1) is 14.2. The lowest BCUT2D eigenvalue weighted by Crippen LogP contribution is -2.30. The number of hydrogen-bond donors (Lipinski definition) is 2. The summed E-state index contributed by atoms with van der Waals surface area (Å²) >= 11 is 1.48. The zero-order valence-corrected chi connectivity index (χ0v) is 9.93. The number of nitrogens with one attached hydrogen (secondary N) is 1. The van der Waals surface area contributed by atoms with E-state index in [1.54, 1.807) is 6.92 Å². The van der Waals surface area contributed by atoms with Crippen LogP contribution in [0.15, 0.2) is 0 Å². The van der Waals surface area contributed by atoms with Crippen LogP contribution in [-0.2, 0) is 14.3 Å². The van der Waals surface area contributed by atoms with Crippen molar-refractivity contribution in [2.45, 2.75) is 31.9 Å². The minimum atomic E-state index is -0.211. The highest BCUT2D eigenvalue weighted by molar-refractivity contribution is 8.00. The number of carbonyl (C=O) groups excluding carboxylic acids is 2. The first-order valence-corrected chi connectivity index (χ1v) is 5.91. The van der Waals surface area contributed by atoms with Gasteiger partial charge in [-0.1, -0.05) is 6.92 Å². The molecule has 0 spiro atoms. The summed E-state index contributed by atoms with van der Waals surface area (Å²) < 4.78 is 4.78. The van der Waals surface area contributed by atoms with Gasteiger partial charge in [-0.2, -0.15) is 0 Å². The highest BCUT2D eigenvalue weighted by Crippen LogP contribution is 2.15. The van der Waals surface area contributed by atoms with Crippen LogP contribution in [0.5, 0.6) is 0 Å². The van der Waals surface area contributed by atoms with Gasteiger partial charge in [0.1, 0.15) is 0 Å². The molecule has 15 heavy (non-hydrogen) atoms. The first-order valence-electron chi connectivity index (χ1n) is 4.86. The van der Waals surface area contributed by atoms with Gasteiger partial charge in [-0.15, -0.1) is 11.8 Å². The second-order valence-electron chi connectivity index (χ2n) is 3.03. The van der Waals surface area contributed by atoms with Gasteiger partial charge >= 0.3 is 5.97 Å². The number of thioether (sulfide) groups is 1. The Morgan fingerprint density at radius 3 is 2.73 bits per heavy atom. The third kappa shape index (κ3) is 8.26. The molecule has 0 aromatic heterocycles. The average molecular weight is 234 g/mol. The fourth-order valence-electron chi connectivity index (χ4n) is 0.903. The van der Waals surface area contributed by atoms with Crippen molar-refractivity contribution in [3.8, 4) is 0 Å². The molecule has 0 aromatic rings. The van der Waals surface area contributed by atoms with Gasteiger partial charge in [0.05, 0.1) is 12.4 Å². The average Bonchev–Trinajstić information content (AvgIpc) is 2.23. The second-order valence-corrected chi connectivity index (χ2v) is 4.46. The molecule has 1 atom stereocenters.